The number of nitrogens with zero attached hydrogens (tertiary/aromatic N) is 2. The molecule has 2 aromatic heterocycles. The highest BCUT2D eigenvalue weighted by Crippen LogP contribution is 2.38. The average Bonchev–Trinajstić information content (AvgIpc) is 3.25. The summed E-state index contributed by atoms with van der Waals surface area (Å²) in [6.45, 7) is 0. The van der Waals surface area contributed by atoms with Gasteiger partial charge in [0, 0.05) is 26.5 Å². The summed E-state index contributed by atoms with van der Waals surface area (Å²) in [4.78, 5) is 12.8. The van der Waals surface area contributed by atoms with E-state index in [1.54, 1.807) is 0 Å². The predicted octanol–water partition coefficient (Wildman–Crippen LogP) is 4.14. The highest BCUT2D eigenvalue weighted by atomic mass is 79.9. The highest BCUT2D eigenvalue weighted by molar-refractivity contribution is 9.10. The monoisotopic (exact) mass is 434 g/mol. The third-order valence-corrected chi connectivity index (χ3v) is 6.97. The van der Waals surface area contributed by atoms with Gasteiger partial charge < -0.3 is 11.1 Å². The van der Waals surface area contributed by atoms with Crippen LogP contribution < -0.4 is 11.1 Å². The lowest BCUT2D eigenvalue weighted by Crippen LogP contribution is -2.20. The first kappa shape index (κ1) is 16.8. The highest BCUT2D eigenvalue weighted by Gasteiger charge is 2.21. The van der Waals surface area contributed by atoms with Crippen molar-refractivity contribution in [2.24, 2.45) is 5.73 Å². The van der Waals surface area contributed by atoms with Crippen molar-refractivity contribution < 1.29 is 4.79 Å². The number of amides is 1. The van der Waals surface area contributed by atoms with Crippen LogP contribution in [0.1, 0.15) is 16.9 Å². The Balaban J connectivity index is 1.82. The van der Waals surface area contributed by atoms with Gasteiger partial charge in [0.1, 0.15) is 0 Å². The van der Waals surface area contributed by atoms with Crippen molar-refractivity contribution in [3.63, 3.8) is 0 Å². The van der Waals surface area contributed by atoms with Crippen LogP contribution in [0.15, 0.2) is 34.8 Å². The van der Waals surface area contributed by atoms with E-state index in [2.05, 4.69) is 37.5 Å². The third kappa shape index (κ3) is 3.38. The molecule has 1 aliphatic rings. The van der Waals surface area contributed by atoms with Crippen molar-refractivity contribution in [2.45, 2.75) is 12.5 Å². The van der Waals surface area contributed by atoms with Gasteiger partial charge in [-0.3, -0.25) is 4.79 Å². The van der Waals surface area contributed by atoms with Crippen LogP contribution in [0.25, 0.3) is 20.5 Å². The van der Waals surface area contributed by atoms with Crippen molar-refractivity contribution in [1.29, 1.82) is 0 Å². The zero-order valence-corrected chi connectivity index (χ0v) is 16.4. The van der Waals surface area contributed by atoms with Crippen molar-refractivity contribution in [2.75, 3.05) is 16.8 Å². The van der Waals surface area contributed by atoms with Crippen LogP contribution in [0.4, 0.5) is 5.82 Å². The second-order valence-electron chi connectivity index (χ2n) is 5.83. The molecule has 0 spiro atoms. The van der Waals surface area contributed by atoms with Crippen molar-refractivity contribution in [1.82, 2.24) is 10.2 Å². The maximum atomic E-state index is 11.8. The number of fused-ring (bicyclic) bond motifs is 1. The van der Waals surface area contributed by atoms with Crippen LogP contribution >= 0.6 is 39.0 Å². The second-order valence-corrected chi connectivity index (χ2v) is 8.94. The summed E-state index contributed by atoms with van der Waals surface area (Å²) < 4.78 is 1.81. The number of thioether (sulfide) groups is 1. The van der Waals surface area contributed by atoms with Gasteiger partial charge in [0.2, 0.25) is 0 Å². The first-order chi connectivity index (χ1) is 12.1. The van der Waals surface area contributed by atoms with Crippen LogP contribution in [-0.4, -0.2) is 33.7 Å². The zero-order chi connectivity index (χ0) is 17.4. The molecule has 0 saturated carbocycles. The molecule has 1 saturated heterocycles. The molecule has 1 aliphatic heterocycles. The summed E-state index contributed by atoms with van der Waals surface area (Å²) in [5, 5.41) is 12.7. The molecular weight excluding hydrogens is 420 g/mol. The largest absolute Gasteiger partial charge is 0.364 e. The molecular formula is C17H15BrN4OS2. The van der Waals surface area contributed by atoms with Crippen LogP contribution in [-0.2, 0) is 0 Å². The summed E-state index contributed by atoms with van der Waals surface area (Å²) in [6, 6.07) is 10.5. The van der Waals surface area contributed by atoms with Crippen molar-refractivity contribution in [3.05, 3.63) is 40.5 Å². The Bertz CT molecular complexity index is 936. The molecule has 1 unspecified atom stereocenters. The molecule has 128 valence electrons. The number of carbonyl (C=O) groups excluding carboxylic acids is 1. The number of primary amides is 1. The molecule has 0 bridgehead atoms. The van der Waals surface area contributed by atoms with E-state index in [1.807, 2.05) is 36.0 Å². The number of anilines is 1. The van der Waals surface area contributed by atoms with E-state index in [9.17, 15) is 4.79 Å². The number of nitrogens with two attached hydrogens (primary N) is 1. The standard InChI is InChI=1S/C17H15BrN4OS2/c18-10-3-1-9(2-4-10)13-7-12-15(25-13)14(16(19)23)21-22-17(12)20-11-5-6-24-8-11/h1-4,7,11H,5-6,8H2,(H2,19,23)(H,20,22). The fraction of sp³-hybridized carbons (Fsp3) is 0.235. The molecule has 5 nitrogen and oxygen atoms in total. The van der Waals surface area contributed by atoms with E-state index in [1.165, 1.54) is 11.3 Å². The number of hydrogen-bond acceptors (Lipinski definition) is 6. The number of hydrogen-bond donors (Lipinski definition) is 2. The van der Waals surface area contributed by atoms with Crippen molar-refractivity contribution in [3.8, 4) is 10.4 Å². The SMILES string of the molecule is NC(=O)c1nnc(NC2CCSC2)c2cc(-c3ccc(Br)cc3)sc12. The van der Waals surface area contributed by atoms with Crippen LogP contribution in [0.3, 0.4) is 0 Å². The number of halogens is 1. The molecule has 1 aromatic carbocycles. The maximum Gasteiger partial charge on any atom is 0.270 e. The van der Waals surface area contributed by atoms with E-state index in [4.69, 9.17) is 5.73 Å². The fourth-order valence-electron chi connectivity index (χ4n) is 2.81. The predicted molar refractivity (Wildman–Crippen MR) is 108 cm³/mol. The topological polar surface area (TPSA) is 80.9 Å². The van der Waals surface area contributed by atoms with E-state index in [0.29, 0.717) is 6.04 Å². The first-order valence-electron chi connectivity index (χ1n) is 7.82. The molecule has 8 heteroatoms. The van der Waals surface area contributed by atoms with Gasteiger partial charge in [0.25, 0.3) is 5.91 Å². The van der Waals surface area contributed by atoms with Crippen LogP contribution in [0, 0.1) is 0 Å². The zero-order valence-electron chi connectivity index (χ0n) is 13.2. The summed E-state index contributed by atoms with van der Waals surface area (Å²) in [6.07, 6.45) is 1.11. The number of rotatable bonds is 4. The van der Waals surface area contributed by atoms with E-state index in [-0.39, 0.29) is 5.69 Å². The van der Waals surface area contributed by atoms with Crippen LogP contribution in [0.2, 0.25) is 0 Å². The lowest BCUT2D eigenvalue weighted by atomic mass is 10.1. The number of carbonyl (C=O) groups is 1. The molecule has 1 amide bonds. The molecule has 0 aliphatic carbocycles. The molecule has 1 atom stereocenters. The lowest BCUT2D eigenvalue weighted by molar-refractivity contribution is 0.0996. The van der Waals surface area contributed by atoms with Crippen molar-refractivity contribution >= 4 is 60.8 Å². The van der Waals surface area contributed by atoms with Gasteiger partial charge in [-0.25, -0.2) is 0 Å². The van der Waals surface area contributed by atoms with E-state index >= 15 is 0 Å². The molecule has 3 heterocycles. The lowest BCUT2D eigenvalue weighted by Gasteiger charge is -2.12. The van der Waals surface area contributed by atoms with Crippen LogP contribution in [0.5, 0.6) is 0 Å². The summed E-state index contributed by atoms with van der Waals surface area (Å²) in [5.74, 6) is 2.39. The Hall–Kier alpha value is -1.64. The Morgan fingerprint density at radius 1 is 1.28 bits per heavy atom. The minimum absolute atomic E-state index is 0.231. The number of benzene rings is 1. The molecule has 4 rings (SSSR count). The third-order valence-electron chi connectivity index (χ3n) is 4.08. The van der Waals surface area contributed by atoms with Gasteiger partial charge in [-0.1, -0.05) is 28.1 Å². The first-order valence-corrected chi connectivity index (χ1v) is 10.6. The van der Waals surface area contributed by atoms with E-state index in [0.717, 1.165) is 48.7 Å². The van der Waals surface area contributed by atoms with Gasteiger partial charge in [0.15, 0.2) is 11.5 Å². The Morgan fingerprint density at radius 2 is 2.08 bits per heavy atom. The summed E-state index contributed by atoms with van der Waals surface area (Å²) in [5.41, 5.74) is 6.81. The molecule has 3 N–H and O–H groups in total. The van der Waals surface area contributed by atoms with Gasteiger partial charge in [-0.2, -0.15) is 11.8 Å². The Kier molecular flexibility index (Phi) is 4.66. The smallest absolute Gasteiger partial charge is 0.270 e. The van der Waals surface area contributed by atoms with Gasteiger partial charge in [-0.15, -0.1) is 21.5 Å². The van der Waals surface area contributed by atoms with Gasteiger partial charge in [0.05, 0.1) is 4.70 Å². The van der Waals surface area contributed by atoms with Gasteiger partial charge >= 0.3 is 0 Å². The molecule has 1 fully saturated rings. The summed E-state index contributed by atoms with van der Waals surface area (Å²) >= 11 is 6.91. The molecule has 25 heavy (non-hydrogen) atoms. The number of thiophene rings is 1. The number of aromatic nitrogens is 2. The fourth-order valence-corrected chi connectivity index (χ4v) is 5.38. The maximum absolute atomic E-state index is 11.8. The average molecular weight is 435 g/mol. The molecule has 0 radical (unpaired) electrons. The number of nitrogens with one attached hydrogen (secondary N) is 1. The Morgan fingerprint density at radius 3 is 2.76 bits per heavy atom. The van der Waals surface area contributed by atoms with E-state index < -0.39 is 5.91 Å². The minimum Gasteiger partial charge on any atom is -0.364 e. The second kappa shape index (κ2) is 6.93. The van der Waals surface area contributed by atoms with Gasteiger partial charge in [-0.05, 0) is 35.9 Å². The summed E-state index contributed by atoms with van der Waals surface area (Å²) in [7, 11) is 0. The minimum atomic E-state index is -0.551. The quantitative estimate of drug-likeness (QED) is 0.644. The Labute approximate surface area is 161 Å². The molecule has 3 aromatic rings. The normalized spacial score (nSPS) is 17.1.